The summed E-state index contributed by atoms with van der Waals surface area (Å²) in [6, 6.07) is 13.9. The number of nitrogens with one attached hydrogen (secondary N) is 3. The summed E-state index contributed by atoms with van der Waals surface area (Å²) in [5.41, 5.74) is 6.34. The van der Waals surface area contributed by atoms with Crippen molar-refractivity contribution in [1.82, 2.24) is 15.4 Å². The first-order valence-corrected chi connectivity index (χ1v) is 9.04. The minimum Gasteiger partial charge on any atom is -0.334 e. The van der Waals surface area contributed by atoms with Crippen LogP contribution in [0.1, 0.15) is 22.8 Å². The first-order chi connectivity index (χ1) is 14.0. The highest BCUT2D eigenvalue weighted by molar-refractivity contribution is 6.33. The van der Waals surface area contributed by atoms with E-state index in [2.05, 4.69) is 26.1 Å². The Morgan fingerprint density at radius 2 is 1.79 bits per heavy atom. The Hall–Kier alpha value is -3.72. The Bertz CT molecular complexity index is 1060. The van der Waals surface area contributed by atoms with Crippen LogP contribution >= 0.6 is 11.6 Å². The second-order valence-corrected chi connectivity index (χ2v) is 6.28. The van der Waals surface area contributed by atoms with Crippen LogP contribution in [0.3, 0.4) is 0 Å². The molecule has 3 rings (SSSR count). The number of nitrogens with zero attached hydrogens (tertiary/aromatic N) is 3. The molecule has 0 spiro atoms. The van der Waals surface area contributed by atoms with E-state index >= 15 is 0 Å². The number of hydrazine groups is 1. The van der Waals surface area contributed by atoms with Crippen LogP contribution in [0, 0.1) is 10.1 Å². The molecule has 0 atom stereocenters. The summed E-state index contributed by atoms with van der Waals surface area (Å²) in [5, 5.41) is 14.9. The number of carbonyl (C=O) groups is 1. The van der Waals surface area contributed by atoms with Crippen molar-refractivity contribution in [2.24, 2.45) is 0 Å². The van der Waals surface area contributed by atoms with Gasteiger partial charge in [0.25, 0.3) is 5.91 Å². The average molecular weight is 413 g/mol. The fourth-order valence-electron chi connectivity index (χ4n) is 2.64. The standard InChI is InChI=1S/C19H17ClN6O3/c1-2-12-7-3-6-10-15(12)23-17-16(26(28)29)18(22-11-21-17)24-25-19(27)13-8-4-5-9-14(13)20/h3-11H,2H2,1H3,(H,25,27)(H2,21,22,23,24). The highest BCUT2D eigenvalue weighted by Gasteiger charge is 2.24. The van der Waals surface area contributed by atoms with Gasteiger partial charge < -0.3 is 5.32 Å². The van der Waals surface area contributed by atoms with Crippen LogP contribution in [0.15, 0.2) is 54.9 Å². The second kappa shape index (κ2) is 8.98. The smallest absolute Gasteiger partial charge is 0.334 e. The average Bonchev–Trinajstić information content (AvgIpc) is 2.72. The second-order valence-electron chi connectivity index (χ2n) is 5.87. The molecule has 0 aliphatic heterocycles. The van der Waals surface area contributed by atoms with Gasteiger partial charge in [-0.2, -0.15) is 0 Å². The molecule has 1 heterocycles. The molecule has 3 aromatic rings. The molecule has 0 aliphatic rings. The van der Waals surface area contributed by atoms with Gasteiger partial charge in [-0.25, -0.2) is 9.97 Å². The van der Waals surface area contributed by atoms with Crippen LogP contribution in [-0.4, -0.2) is 20.8 Å². The van der Waals surface area contributed by atoms with E-state index in [0.717, 1.165) is 18.3 Å². The molecule has 2 aromatic carbocycles. The van der Waals surface area contributed by atoms with Gasteiger partial charge in [0, 0.05) is 5.69 Å². The lowest BCUT2D eigenvalue weighted by atomic mass is 10.1. The molecule has 9 nitrogen and oxygen atoms in total. The first kappa shape index (κ1) is 20.0. The summed E-state index contributed by atoms with van der Waals surface area (Å²) in [6.07, 6.45) is 1.90. The number of halogens is 1. The van der Waals surface area contributed by atoms with Gasteiger partial charge in [-0.1, -0.05) is 48.9 Å². The largest absolute Gasteiger partial charge is 0.355 e. The summed E-state index contributed by atoms with van der Waals surface area (Å²) in [6.45, 7) is 1.98. The van der Waals surface area contributed by atoms with Gasteiger partial charge >= 0.3 is 5.69 Å². The van der Waals surface area contributed by atoms with E-state index in [4.69, 9.17) is 11.6 Å². The SMILES string of the molecule is CCc1ccccc1Nc1ncnc(NNC(=O)c2ccccc2Cl)c1[N+](=O)[O-]. The maximum absolute atomic E-state index is 12.3. The Labute approximate surface area is 171 Å². The third-order valence-corrected chi connectivity index (χ3v) is 4.40. The zero-order valence-electron chi connectivity index (χ0n) is 15.3. The third kappa shape index (κ3) is 4.58. The van der Waals surface area contributed by atoms with Gasteiger partial charge in [-0.05, 0) is 30.2 Å². The van der Waals surface area contributed by atoms with Crippen LogP contribution in [0.25, 0.3) is 0 Å². The number of amides is 1. The summed E-state index contributed by atoms with van der Waals surface area (Å²) in [4.78, 5) is 31.2. The number of rotatable bonds is 7. The molecule has 0 bridgehead atoms. The number of benzene rings is 2. The van der Waals surface area contributed by atoms with Gasteiger partial charge in [0.15, 0.2) is 0 Å². The highest BCUT2D eigenvalue weighted by Crippen LogP contribution is 2.31. The van der Waals surface area contributed by atoms with Crippen molar-refractivity contribution >= 4 is 40.5 Å². The van der Waals surface area contributed by atoms with Crippen molar-refractivity contribution in [2.45, 2.75) is 13.3 Å². The number of carbonyl (C=O) groups excluding carboxylic acids is 1. The molecule has 0 fully saturated rings. The molecule has 0 saturated carbocycles. The molecule has 10 heteroatoms. The van der Waals surface area contributed by atoms with Gasteiger partial charge in [0.05, 0.1) is 15.5 Å². The van der Waals surface area contributed by atoms with Crippen LogP contribution < -0.4 is 16.2 Å². The lowest BCUT2D eigenvalue weighted by Gasteiger charge is -2.13. The van der Waals surface area contributed by atoms with E-state index in [1.165, 1.54) is 6.07 Å². The number of para-hydroxylation sites is 1. The van der Waals surface area contributed by atoms with E-state index in [0.29, 0.717) is 5.69 Å². The maximum Gasteiger partial charge on any atom is 0.355 e. The lowest BCUT2D eigenvalue weighted by Crippen LogP contribution is -2.30. The van der Waals surface area contributed by atoms with Crippen molar-refractivity contribution in [3.05, 3.63) is 81.1 Å². The van der Waals surface area contributed by atoms with Crippen molar-refractivity contribution in [2.75, 3.05) is 10.7 Å². The molecule has 0 saturated heterocycles. The van der Waals surface area contributed by atoms with E-state index in [1.807, 2.05) is 25.1 Å². The highest BCUT2D eigenvalue weighted by atomic mass is 35.5. The monoisotopic (exact) mass is 412 g/mol. The fourth-order valence-corrected chi connectivity index (χ4v) is 2.86. The van der Waals surface area contributed by atoms with Crippen LogP contribution in [0.4, 0.5) is 23.0 Å². The Morgan fingerprint density at radius 1 is 1.10 bits per heavy atom. The molecule has 1 amide bonds. The molecule has 0 unspecified atom stereocenters. The molecular weight excluding hydrogens is 396 g/mol. The topological polar surface area (TPSA) is 122 Å². The molecule has 29 heavy (non-hydrogen) atoms. The fraction of sp³-hybridized carbons (Fsp3) is 0.105. The van der Waals surface area contributed by atoms with Crippen molar-refractivity contribution in [3.63, 3.8) is 0 Å². The van der Waals surface area contributed by atoms with Crippen molar-refractivity contribution < 1.29 is 9.72 Å². The summed E-state index contributed by atoms with van der Waals surface area (Å²) in [7, 11) is 0. The van der Waals surface area contributed by atoms with E-state index in [-0.39, 0.29) is 22.2 Å². The maximum atomic E-state index is 12.3. The number of hydrogen-bond acceptors (Lipinski definition) is 7. The molecule has 3 N–H and O–H groups in total. The summed E-state index contributed by atoms with van der Waals surface area (Å²) < 4.78 is 0. The quantitative estimate of drug-likeness (QED) is 0.394. The van der Waals surface area contributed by atoms with Gasteiger partial charge in [-0.15, -0.1) is 0 Å². The van der Waals surface area contributed by atoms with Crippen LogP contribution in [0.5, 0.6) is 0 Å². The zero-order valence-corrected chi connectivity index (χ0v) is 16.1. The zero-order chi connectivity index (χ0) is 20.8. The van der Waals surface area contributed by atoms with E-state index in [9.17, 15) is 14.9 Å². The number of nitro groups is 1. The van der Waals surface area contributed by atoms with E-state index < -0.39 is 16.5 Å². The Balaban J connectivity index is 1.86. The number of aromatic nitrogens is 2. The lowest BCUT2D eigenvalue weighted by molar-refractivity contribution is -0.383. The molecule has 0 aliphatic carbocycles. The minimum atomic E-state index is -0.624. The number of anilines is 3. The molecule has 148 valence electrons. The molecular formula is C19H17ClN6O3. The van der Waals surface area contributed by atoms with E-state index in [1.54, 1.807) is 24.3 Å². The van der Waals surface area contributed by atoms with Crippen molar-refractivity contribution in [3.8, 4) is 0 Å². The molecule has 1 aromatic heterocycles. The Morgan fingerprint density at radius 3 is 2.52 bits per heavy atom. The first-order valence-electron chi connectivity index (χ1n) is 8.66. The van der Waals surface area contributed by atoms with Gasteiger partial charge in [0.1, 0.15) is 6.33 Å². The summed E-state index contributed by atoms with van der Waals surface area (Å²) >= 11 is 5.99. The van der Waals surface area contributed by atoms with Gasteiger partial charge in [0.2, 0.25) is 11.6 Å². The summed E-state index contributed by atoms with van der Waals surface area (Å²) in [5.74, 6) is -0.725. The predicted molar refractivity (Wildman–Crippen MR) is 110 cm³/mol. The number of aryl methyl sites for hydroxylation is 1. The Kier molecular flexibility index (Phi) is 6.20. The predicted octanol–water partition coefficient (Wildman–Crippen LogP) is 4.10. The minimum absolute atomic E-state index is 0.000363. The normalized spacial score (nSPS) is 10.3. The number of hydrogen-bond donors (Lipinski definition) is 3. The third-order valence-electron chi connectivity index (χ3n) is 4.07. The van der Waals surface area contributed by atoms with Gasteiger partial charge in [-0.3, -0.25) is 25.8 Å². The van der Waals surface area contributed by atoms with Crippen molar-refractivity contribution in [1.29, 1.82) is 0 Å². The van der Waals surface area contributed by atoms with Crippen LogP contribution in [-0.2, 0) is 6.42 Å². The van der Waals surface area contributed by atoms with Crippen LogP contribution in [0.2, 0.25) is 5.02 Å². The molecule has 0 radical (unpaired) electrons.